The number of nitrogens with one attached hydrogen (secondary N) is 1. The topological polar surface area (TPSA) is 61.6 Å². The Balaban J connectivity index is 2.34. The molecule has 1 N–H and O–H groups in total. The number of aryl methyl sites for hydroxylation is 2. The van der Waals surface area contributed by atoms with Crippen LogP contribution in [0.15, 0.2) is 24.3 Å². The van der Waals surface area contributed by atoms with Gasteiger partial charge in [0.15, 0.2) is 0 Å². The van der Waals surface area contributed by atoms with E-state index in [0.717, 1.165) is 5.56 Å². The Bertz CT molecular complexity index is 631. The average Bonchev–Trinajstić information content (AvgIpc) is 2.32. The van der Waals surface area contributed by atoms with E-state index in [1.165, 1.54) is 6.07 Å². The molecule has 1 aromatic carbocycles. The van der Waals surface area contributed by atoms with Crippen LogP contribution in [-0.2, 0) is 0 Å². The maximum atomic E-state index is 13.6. The van der Waals surface area contributed by atoms with Crippen LogP contribution in [0, 0.1) is 31.0 Å². The number of nitriles is 1. The van der Waals surface area contributed by atoms with Gasteiger partial charge in [-0.2, -0.15) is 5.26 Å². The van der Waals surface area contributed by atoms with Crippen molar-refractivity contribution in [2.75, 3.05) is 5.32 Å². The minimum Gasteiger partial charge on any atom is -0.322 e. The van der Waals surface area contributed by atoms with Crippen molar-refractivity contribution in [3.05, 3.63) is 47.0 Å². The molecule has 0 bridgehead atoms. The first-order valence-electron chi connectivity index (χ1n) is 5.37. The minimum absolute atomic E-state index is 0.217. The second-order valence-electron chi connectivity index (χ2n) is 3.94. The third-order valence-electron chi connectivity index (χ3n) is 2.34. The fourth-order valence-corrected chi connectivity index (χ4v) is 1.52. The van der Waals surface area contributed by atoms with Crippen molar-refractivity contribution in [2.24, 2.45) is 0 Å². The van der Waals surface area contributed by atoms with Gasteiger partial charge in [-0.05, 0) is 37.6 Å². The zero-order valence-electron chi connectivity index (χ0n) is 10.0. The molecule has 2 rings (SSSR count). The quantitative estimate of drug-likeness (QED) is 0.879. The summed E-state index contributed by atoms with van der Waals surface area (Å²) in [5.41, 5.74) is 2.02. The number of aromatic nitrogens is 2. The molecule has 0 aliphatic heterocycles. The lowest BCUT2D eigenvalue weighted by atomic mass is 10.2. The maximum absolute atomic E-state index is 13.6. The molecule has 0 unspecified atom stereocenters. The summed E-state index contributed by atoms with van der Waals surface area (Å²) in [6.45, 7) is 3.56. The highest BCUT2D eigenvalue weighted by molar-refractivity contribution is 5.55. The van der Waals surface area contributed by atoms with Crippen LogP contribution in [0.1, 0.15) is 17.0 Å². The van der Waals surface area contributed by atoms with Gasteiger partial charge in [0, 0.05) is 5.69 Å². The van der Waals surface area contributed by atoms with E-state index in [0.29, 0.717) is 5.69 Å². The van der Waals surface area contributed by atoms with E-state index < -0.39 is 0 Å². The summed E-state index contributed by atoms with van der Waals surface area (Å²) < 4.78 is 13.6. The summed E-state index contributed by atoms with van der Waals surface area (Å²) in [6.07, 6.45) is 0. The van der Waals surface area contributed by atoms with E-state index in [1.807, 2.05) is 13.0 Å². The van der Waals surface area contributed by atoms with Crippen LogP contribution in [0.4, 0.5) is 16.0 Å². The number of benzene rings is 1. The third kappa shape index (κ3) is 2.61. The largest absolute Gasteiger partial charge is 0.322 e. The van der Waals surface area contributed by atoms with Crippen molar-refractivity contribution < 1.29 is 4.39 Å². The molecule has 0 saturated carbocycles. The van der Waals surface area contributed by atoms with Gasteiger partial charge >= 0.3 is 0 Å². The van der Waals surface area contributed by atoms with E-state index in [4.69, 9.17) is 5.26 Å². The SMILES string of the molecule is Cc1ccc(Nc2nc(C)cc(C#N)n2)c(F)c1. The van der Waals surface area contributed by atoms with Gasteiger partial charge < -0.3 is 5.32 Å². The lowest BCUT2D eigenvalue weighted by molar-refractivity contribution is 0.630. The smallest absolute Gasteiger partial charge is 0.228 e. The first-order chi connectivity index (χ1) is 8.58. The molecule has 0 aliphatic rings. The number of hydrogen-bond acceptors (Lipinski definition) is 4. The molecule has 0 saturated heterocycles. The van der Waals surface area contributed by atoms with Crippen molar-refractivity contribution in [1.29, 1.82) is 5.26 Å². The molecular weight excluding hydrogens is 231 g/mol. The molecule has 90 valence electrons. The Morgan fingerprint density at radius 1 is 1.22 bits per heavy atom. The van der Waals surface area contributed by atoms with Crippen LogP contribution >= 0.6 is 0 Å². The van der Waals surface area contributed by atoms with Gasteiger partial charge in [-0.15, -0.1) is 0 Å². The van der Waals surface area contributed by atoms with Crippen LogP contribution in [-0.4, -0.2) is 9.97 Å². The molecule has 0 radical (unpaired) electrons. The van der Waals surface area contributed by atoms with Crippen LogP contribution in [0.2, 0.25) is 0 Å². The highest BCUT2D eigenvalue weighted by atomic mass is 19.1. The normalized spacial score (nSPS) is 9.89. The summed E-state index contributed by atoms with van der Waals surface area (Å²) >= 11 is 0. The van der Waals surface area contributed by atoms with Gasteiger partial charge in [0.2, 0.25) is 5.95 Å². The predicted molar refractivity (Wildman–Crippen MR) is 65.9 cm³/mol. The summed E-state index contributed by atoms with van der Waals surface area (Å²) in [5.74, 6) is -0.159. The molecule has 4 nitrogen and oxygen atoms in total. The molecule has 0 amide bonds. The lowest BCUT2D eigenvalue weighted by Crippen LogP contribution is -2.02. The molecular formula is C13H11FN4. The molecule has 5 heteroatoms. The van der Waals surface area contributed by atoms with E-state index in [2.05, 4.69) is 15.3 Å². The van der Waals surface area contributed by atoms with Crippen LogP contribution < -0.4 is 5.32 Å². The Kier molecular flexibility index (Phi) is 3.20. The van der Waals surface area contributed by atoms with Crippen LogP contribution in [0.25, 0.3) is 0 Å². The van der Waals surface area contributed by atoms with Gasteiger partial charge in [0.25, 0.3) is 0 Å². The Labute approximate surface area is 104 Å². The third-order valence-corrected chi connectivity index (χ3v) is 2.34. The maximum Gasteiger partial charge on any atom is 0.228 e. The minimum atomic E-state index is -0.376. The van der Waals surface area contributed by atoms with Gasteiger partial charge in [-0.25, -0.2) is 14.4 Å². The van der Waals surface area contributed by atoms with E-state index in [-0.39, 0.29) is 23.1 Å². The molecule has 1 heterocycles. The van der Waals surface area contributed by atoms with Crippen molar-refractivity contribution >= 4 is 11.6 Å². The zero-order chi connectivity index (χ0) is 13.1. The van der Waals surface area contributed by atoms with Crippen molar-refractivity contribution in [1.82, 2.24) is 9.97 Å². The highest BCUT2D eigenvalue weighted by Gasteiger charge is 2.06. The van der Waals surface area contributed by atoms with Gasteiger partial charge in [-0.1, -0.05) is 6.07 Å². The van der Waals surface area contributed by atoms with E-state index >= 15 is 0 Å². The lowest BCUT2D eigenvalue weighted by Gasteiger charge is -2.07. The fourth-order valence-electron chi connectivity index (χ4n) is 1.52. The van der Waals surface area contributed by atoms with Gasteiger partial charge in [0.1, 0.15) is 17.6 Å². The summed E-state index contributed by atoms with van der Waals surface area (Å²) in [6, 6.07) is 8.32. The van der Waals surface area contributed by atoms with E-state index in [9.17, 15) is 4.39 Å². The summed E-state index contributed by atoms with van der Waals surface area (Å²) in [4.78, 5) is 8.06. The standard InChI is InChI=1S/C13H11FN4/c1-8-3-4-12(11(14)5-8)18-13-16-9(2)6-10(7-15)17-13/h3-6H,1-2H3,(H,16,17,18). The number of rotatable bonds is 2. The number of anilines is 2. The molecule has 0 fully saturated rings. The monoisotopic (exact) mass is 242 g/mol. The molecule has 0 aliphatic carbocycles. The average molecular weight is 242 g/mol. The van der Waals surface area contributed by atoms with Crippen LogP contribution in [0.5, 0.6) is 0 Å². The zero-order valence-corrected chi connectivity index (χ0v) is 10.0. The second kappa shape index (κ2) is 4.80. The number of hydrogen-bond donors (Lipinski definition) is 1. The Morgan fingerprint density at radius 2 is 2.00 bits per heavy atom. The van der Waals surface area contributed by atoms with Crippen molar-refractivity contribution in [3.8, 4) is 6.07 Å². The predicted octanol–water partition coefficient (Wildman–Crippen LogP) is 2.85. The fraction of sp³-hybridized carbons (Fsp3) is 0.154. The summed E-state index contributed by atoms with van der Waals surface area (Å²) in [5, 5.41) is 11.6. The number of nitrogens with zero attached hydrogens (tertiary/aromatic N) is 3. The van der Waals surface area contributed by atoms with Crippen molar-refractivity contribution in [3.63, 3.8) is 0 Å². The summed E-state index contributed by atoms with van der Waals surface area (Å²) in [7, 11) is 0. The van der Waals surface area contributed by atoms with Crippen molar-refractivity contribution in [2.45, 2.75) is 13.8 Å². The number of halogens is 1. The van der Waals surface area contributed by atoms with Gasteiger partial charge in [0.05, 0.1) is 5.69 Å². The molecule has 0 spiro atoms. The van der Waals surface area contributed by atoms with Gasteiger partial charge in [-0.3, -0.25) is 0 Å². The molecule has 18 heavy (non-hydrogen) atoms. The second-order valence-corrected chi connectivity index (χ2v) is 3.94. The Morgan fingerprint density at radius 3 is 2.67 bits per heavy atom. The molecule has 2 aromatic rings. The Hall–Kier alpha value is -2.48. The highest BCUT2D eigenvalue weighted by Crippen LogP contribution is 2.18. The van der Waals surface area contributed by atoms with Crippen LogP contribution in [0.3, 0.4) is 0 Å². The molecule has 1 aromatic heterocycles. The van der Waals surface area contributed by atoms with E-state index in [1.54, 1.807) is 25.1 Å². The first kappa shape index (κ1) is 12.0. The first-order valence-corrected chi connectivity index (χ1v) is 5.37. The molecule has 0 atom stereocenters.